The molecule has 1 rings (SSSR count). The number of aliphatic hydroxyl groups is 1. The highest BCUT2D eigenvalue weighted by Crippen LogP contribution is 2.20. The number of rotatable bonds is 5. The summed E-state index contributed by atoms with van der Waals surface area (Å²) in [6.07, 6.45) is 0.125. The van der Waals surface area contributed by atoms with Gasteiger partial charge >= 0.3 is 0 Å². The molecule has 0 saturated heterocycles. The van der Waals surface area contributed by atoms with Crippen molar-refractivity contribution in [2.45, 2.75) is 19.4 Å². The van der Waals surface area contributed by atoms with Crippen LogP contribution in [-0.4, -0.2) is 18.2 Å². The van der Waals surface area contributed by atoms with Gasteiger partial charge in [-0.15, -0.1) is 0 Å². The van der Waals surface area contributed by atoms with Crippen molar-refractivity contribution in [3.05, 3.63) is 34.6 Å². The third-order valence-corrected chi connectivity index (χ3v) is 2.32. The molecule has 0 aliphatic rings. The van der Waals surface area contributed by atoms with Crippen LogP contribution >= 0.6 is 11.6 Å². The minimum absolute atomic E-state index is 0.242. The molecule has 0 aliphatic heterocycles. The first kappa shape index (κ1) is 12.4. The lowest BCUT2D eigenvalue weighted by Crippen LogP contribution is -2.22. The van der Waals surface area contributed by atoms with E-state index in [2.05, 4.69) is 5.32 Å². The smallest absolute Gasteiger partial charge is 0.129 e. The van der Waals surface area contributed by atoms with E-state index in [-0.39, 0.29) is 5.56 Å². The Morgan fingerprint density at radius 3 is 2.93 bits per heavy atom. The second-order valence-electron chi connectivity index (χ2n) is 3.39. The fourth-order valence-electron chi connectivity index (χ4n) is 1.30. The maximum atomic E-state index is 13.3. The molecule has 0 spiro atoms. The summed E-state index contributed by atoms with van der Waals surface area (Å²) >= 11 is 5.72. The van der Waals surface area contributed by atoms with Gasteiger partial charge in [-0.2, -0.15) is 0 Å². The Labute approximate surface area is 94.1 Å². The number of hydrogen-bond donors (Lipinski definition) is 2. The van der Waals surface area contributed by atoms with Crippen molar-refractivity contribution in [1.29, 1.82) is 0 Å². The number of halogens is 2. The summed E-state index contributed by atoms with van der Waals surface area (Å²) < 4.78 is 13.3. The first-order valence-corrected chi connectivity index (χ1v) is 5.36. The Hall–Kier alpha value is -0.640. The van der Waals surface area contributed by atoms with Crippen molar-refractivity contribution in [3.8, 4) is 0 Å². The lowest BCUT2D eigenvalue weighted by molar-refractivity contribution is 0.170. The molecule has 0 heterocycles. The third-order valence-electron chi connectivity index (χ3n) is 2.08. The molecule has 1 aromatic carbocycles. The fourth-order valence-corrected chi connectivity index (χ4v) is 1.48. The number of hydrogen-bond acceptors (Lipinski definition) is 2. The van der Waals surface area contributed by atoms with Gasteiger partial charge in [-0.25, -0.2) is 4.39 Å². The van der Waals surface area contributed by atoms with Gasteiger partial charge in [0.25, 0.3) is 0 Å². The van der Waals surface area contributed by atoms with E-state index < -0.39 is 11.9 Å². The molecule has 0 bridgehead atoms. The first-order valence-electron chi connectivity index (χ1n) is 4.99. The number of benzene rings is 1. The highest BCUT2D eigenvalue weighted by molar-refractivity contribution is 6.30. The van der Waals surface area contributed by atoms with Crippen LogP contribution in [0.25, 0.3) is 0 Å². The van der Waals surface area contributed by atoms with Gasteiger partial charge in [-0.05, 0) is 31.2 Å². The summed E-state index contributed by atoms with van der Waals surface area (Å²) in [5.74, 6) is -0.426. The standard InChI is InChI=1S/C11H15ClFNO/c1-2-5-14-7-11(15)9-6-8(12)3-4-10(9)13/h3-4,6,11,14-15H,2,5,7H2,1H3. The quantitative estimate of drug-likeness (QED) is 0.764. The van der Waals surface area contributed by atoms with Crippen LogP contribution in [0.2, 0.25) is 5.02 Å². The minimum atomic E-state index is -0.852. The van der Waals surface area contributed by atoms with Crippen LogP contribution in [0.4, 0.5) is 4.39 Å². The van der Waals surface area contributed by atoms with Gasteiger partial charge in [0.2, 0.25) is 0 Å². The zero-order valence-electron chi connectivity index (χ0n) is 8.63. The van der Waals surface area contributed by atoms with Crippen molar-refractivity contribution in [3.63, 3.8) is 0 Å². The van der Waals surface area contributed by atoms with E-state index in [4.69, 9.17) is 11.6 Å². The second-order valence-corrected chi connectivity index (χ2v) is 3.82. The average molecular weight is 232 g/mol. The maximum Gasteiger partial charge on any atom is 0.129 e. The van der Waals surface area contributed by atoms with Crippen LogP contribution in [-0.2, 0) is 0 Å². The van der Waals surface area contributed by atoms with Crippen LogP contribution < -0.4 is 5.32 Å². The van der Waals surface area contributed by atoms with E-state index in [9.17, 15) is 9.50 Å². The minimum Gasteiger partial charge on any atom is -0.387 e. The van der Waals surface area contributed by atoms with E-state index in [0.717, 1.165) is 13.0 Å². The predicted molar refractivity (Wildman–Crippen MR) is 59.5 cm³/mol. The molecule has 1 unspecified atom stereocenters. The van der Waals surface area contributed by atoms with E-state index in [0.29, 0.717) is 11.6 Å². The fraction of sp³-hybridized carbons (Fsp3) is 0.455. The van der Waals surface area contributed by atoms with Gasteiger partial charge < -0.3 is 10.4 Å². The van der Waals surface area contributed by atoms with Gasteiger partial charge in [0.1, 0.15) is 5.82 Å². The molecule has 2 N–H and O–H groups in total. The molecular formula is C11H15ClFNO. The summed E-state index contributed by atoms with van der Waals surface area (Å²) in [6.45, 7) is 3.17. The average Bonchev–Trinajstić information content (AvgIpc) is 2.22. The summed E-state index contributed by atoms with van der Waals surface area (Å²) in [6, 6.07) is 4.18. The van der Waals surface area contributed by atoms with Crippen LogP contribution in [0.5, 0.6) is 0 Å². The maximum absolute atomic E-state index is 13.3. The van der Waals surface area contributed by atoms with Gasteiger partial charge in [0.15, 0.2) is 0 Å². The van der Waals surface area contributed by atoms with E-state index in [1.807, 2.05) is 6.92 Å². The van der Waals surface area contributed by atoms with Gasteiger partial charge in [0.05, 0.1) is 6.10 Å². The number of aliphatic hydroxyl groups excluding tert-OH is 1. The highest BCUT2D eigenvalue weighted by atomic mass is 35.5. The molecule has 4 heteroatoms. The molecule has 0 amide bonds. The molecule has 0 aromatic heterocycles. The highest BCUT2D eigenvalue weighted by Gasteiger charge is 2.12. The zero-order chi connectivity index (χ0) is 11.3. The molecule has 0 aliphatic carbocycles. The lowest BCUT2D eigenvalue weighted by Gasteiger charge is -2.12. The topological polar surface area (TPSA) is 32.3 Å². The molecule has 84 valence electrons. The summed E-state index contributed by atoms with van der Waals surface area (Å²) in [5, 5.41) is 13.1. The van der Waals surface area contributed by atoms with Gasteiger partial charge in [-0.3, -0.25) is 0 Å². The normalized spacial score (nSPS) is 12.8. The van der Waals surface area contributed by atoms with Crippen LogP contribution in [0.3, 0.4) is 0 Å². The Kier molecular flexibility index (Phi) is 5.02. The molecule has 0 saturated carbocycles. The Bertz CT molecular complexity index is 319. The van der Waals surface area contributed by atoms with Crippen molar-refractivity contribution < 1.29 is 9.50 Å². The van der Waals surface area contributed by atoms with Crippen LogP contribution in [0.1, 0.15) is 25.0 Å². The van der Waals surface area contributed by atoms with Gasteiger partial charge in [0, 0.05) is 17.1 Å². The summed E-state index contributed by atoms with van der Waals surface area (Å²) in [7, 11) is 0. The molecule has 15 heavy (non-hydrogen) atoms. The second kappa shape index (κ2) is 6.05. The van der Waals surface area contributed by atoms with Gasteiger partial charge in [-0.1, -0.05) is 18.5 Å². The van der Waals surface area contributed by atoms with Crippen LogP contribution in [0.15, 0.2) is 18.2 Å². The van der Waals surface area contributed by atoms with Crippen molar-refractivity contribution in [2.75, 3.05) is 13.1 Å². The molecular weight excluding hydrogens is 217 g/mol. The Morgan fingerprint density at radius 1 is 1.53 bits per heavy atom. The van der Waals surface area contributed by atoms with E-state index in [1.54, 1.807) is 0 Å². The van der Waals surface area contributed by atoms with E-state index in [1.165, 1.54) is 18.2 Å². The molecule has 1 aromatic rings. The Balaban J connectivity index is 2.64. The van der Waals surface area contributed by atoms with Crippen molar-refractivity contribution >= 4 is 11.6 Å². The van der Waals surface area contributed by atoms with Crippen molar-refractivity contribution in [1.82, 2.24) is 5.32 Å². The number of nitrogens with one attached hydrogen (secondary N) is 1. The molecule has 0 radical (unpaired) electrons. The first-order chi connectivity index (χ1) is 7.15. The summed E-state index contributed by atoms with van der Waals surface area (Å²) in [5.41, 5.74) is 0.242. The predicted octanol–water partition coefficient (Wildman–Crippen LogP) is 2.51. The third kappa shape index (κ3) is 3.78. The monoisotopic (exact) mass is 231 g/mol. The van der Waals surface area contributed by atoms with Crippen molar-refractivity contribution in [2.24, 2.45) is 0 Å². The van der Waals surface area contributed by atoms with E-state index >= 15 is 0 Å². The molecule has 2 nitrogen and oxygen atoms in total. The Morgan fingerprint density at radius 2 is 2.27 bits per heavy atom. The molecule has 0 fully saturated rings. The summed E-state index contributed by atoms with van der Waals surface area (Å²) in [4.78, 5) is 0. The lowest BCUT2D eigenvalue weighted by atomic mass is 10.1. The van der Waals surface area contributed by atoms with Crippen LogP contribution in [0, 0.1) is 5.82 Å². The molecule has 1 atom stereocenters. The zero-order valence-corrected chi connectivity index (χ0v) is 9.39. The SMILES string of the molecule is CCCNCC(O)c1cc(Cl)ccc1F. The largest absolute Gasteiger partial charge is 0.387 e.